The van der Waals surface area contributed by atoms with Gasteiger partial charge >= 0.3 is 0 Å². The number of fused-ring (bicyclic) bond motifs is 1. The molecule has 1 aromatic carbocycles. The van der Waals surface area contributed by atoms with Gasteiger partial charge in [-0.05, 0) is 58.8 Å². The zero-order chi connectivity index (χ0) is 22.1. The van der Waals surface area contributed by atoms with Crippen LogP contribution in [0, 0.1) is 11.3 Å². The van der Waals surface area contributed by atoms with E-state index in [0.717, 1.165) is 42.1 Å². The van der Waals surface area contributed by atoms with Crippen LogP contribution in [0.5, 0.6) is 0 Å². The molecule has 6 nitrogen and oxygen atoms in total. The van der Waals surface area contributed by atoms with Crippen molar-refractivity contribution in [3.63, 3.8) is 0 Å². The van der Waals surface area contributed by atoms with E-state index in [4.69, 9.17) is 9.79 Å². The molecule has 1 unspecified atom stereocenters. The summed E-state index contributed by atoms with van der Waals surface area (Å²) >= 11 is 0. The first kappa shape index (κ1) is 24.2. The third-order valence-electron chi connectivity index (χ3n) is 5.08. The Balaban J connectivity index is 2.09. The average molecular weight is 430 g/mol. The van der Waals surface area contributed by atoms with Crippen LogP contribution >= 0.6 is 8.53 Å². The molecule has 0 fully saturated rings. The van der Waals surface area contributed by atoms with Crippen LogP contribution in [-0.2, 0) is 15.9 Å². The van der Waals surface area contributed by atoms with Crippen molar-refractivity contribution < 1.29 is 14.2 Å². The molecule has 0 bridgehead atoms. The lowest BCUT2D eigenvalue weighted by molar-refractivity contribution is -0.104. The summed E-state index contributed by atoms with van der Waals surface area (Å²) in [6.07, 6.45) is 8.31. The van der Waals surface area contributed by atoms with Gasteiger partial charge in [-0.3, -0.25) is 4.79 Å². The standard InChI is InChI=1S/C23H32N3O3P/c1-19(2)26(30(28)29-17-9-14-24)23(3,4)13-8-15-25-18-20(10-7-16-27)21-11-5-6-12-22(21)25/h5-7,10-12,16,18-19,28H,8-9,13,15,17H2,1-4H3. The van der Waals surface area contributed by atoms with Crippen LogP contribution in [0.4, 0.5) is 0 Å². The lowest BCUT2D eigenvalue weighted by Crippen LogP contribution is -2.44. The van der Waals surface area contributed by atoms with Crippen LogP contribution in [0.15, 0.2) is 36.5 Å². The third kappa shape index (κ3) is 6.23. The Labute approximate surface area is 180 Å². The molecule has 1 heterocycles. The maximum atomic E-state index is 10.7. The Bertz CT molecular complexity index is 899. The van der Waals surface area contributed by atoms with Crippen molar-refractivity contribution in [2.24, 2.45) is 0 Å². The largest absolute Gasteiger partial charge is 0.347 e. The van der Waals surface area contributed by atoms with Gasteiger partial charge < -0.3 is 14.0 Å². The number of nitriles is 1. The lowest BCUT2D eigenvalue weighted by Gasteiger charge is -2.42. The summed E-state index contributed by atoms with van der Waals surface area (Å²) in [5.74, 6) is 0. The van der Waals surface area contributed by atoms with Gasteiger partial charge in [-0.25, -0.2) is 4.67 Å². The predicted octanol–water partition coefficient (Wildman–Crippen LogP) is 5.27. The minimum atomic E-state index is -1.75. The number of aryl methyl sites for hydroxylation is 1. The Morgan fingerprint density at radius 3 is 2.77 bits per heavy atom. The van der Waals surface area contributed by atoms with Crippen molar-refractivity contribution in [2.45, 2.75) is 65.1 Å². The third-order valence-corrected chi connectivity index (χ3v) is 6.86. The molecule has 2 rings (SSSR count). The second-order valence-corrected chi connectivity index (χ2v) is 9.33. The molecule has 0 aliphatic carbocycles. The number of para-hydroxylation sites is 1. The normalized spacial score (nSPS) is 13.4. The van der Waals surface area contributed by atoms with Gasteiger partial charge in [-0.15, -0.1) is 0 Å². The second-order valence-electron chi connectivity index (χ2n) is 8.14. The molecule has 1 atom stereocenters. The molecule has 0 amide bonds. The molecule has 30 heavy (non-hydrogen) atoms. The lowest BCUT2D eigenvalue weighted by atomic mass is 9.97. The summed E-state index contributed by atoms with van der Waals surface area (Å²) in [4.78, 5) is 21.3. The van der Waals surface area contributed by atoms with Crippen LogP contribution in [-0.4, -0.2) is 38.6 Å². The van der Waals surface area contributed by atoms with Gasteiger partial charge in [0.05, 0.1) is 19.1 Å². The molecule has 1 N–H and O–H groups in total. The molecule has 0 aliphatic heterocycles. The Kier molecular flexibility index (Phi) is 9.20. The van der Waals surface area contributed by atoms with Crippen molar-refractivity contribution in [3.8, 4) is 6.07 Å². The van der Waals surface area contributed by atoms with Crippen molar-refractivity contribution in [2.75, 3.05) is 6.61 Å². The number of hydrogen-bond acceptors (Lipinski definition) is 5. The van der Waals surface area contributed by atoms with E-state index in [0.29, 0.717) is 0 Å². The van der Waals surface area contributed by atoms with Gasteiger partial charge in [-0.2, -0.15) is 5.26 Å². The molecule has 0 aliphatic rings. The van der Waals surface area contributed by atoms with Crippen LogP contribution in [0.25, 0.3) is 17.0 Å². The first-order valence-electron chi connectivity index (χ1n) is 10.3. The highest BCUT2D eigenvalue weighted by molar-refractivity contribution is 7.43. The van der Waals surface area contributed by atoms with Crippen LogP contribution in [0.1, 0.15) is 52.5 Å². The van der Waals surface area contributed by atoms with Gasteiger partial charge in [0.15, 0.2) is 0 Å². The molecule has 0 spiro atoms. The quantitative estimate of drug-likeness (QED) is 0.215. The molecule has 2 aromatic rings. The molecule has 1 aromatic heterocycles. The number of carbonyl (C=O) groups is 1. The molecule has 7 heteroatoms. The highest BCUT2D eigenvalue weighted by atomic mass is 31.2. The van der Waals surface area contributed by atoms with E-state index >= 15 is 0 Å². The van der Waals surface area contributed by atoms with Crippen molar-refractivity contribution in [1.29, 1.82) is 5.26 Å². The molecule has 0 radical (unpaired) electrons. The summed E-state index contributed by atoms with van der Waals surface area (Å²) < 4.78 is 9.78. The number of allylic oxidation sites excluding steroid dienone is 1. The summed E-state index contributed by atoms with van der Waals surface area (Å²) in [7, 11) is -1.75. The maximum absolute atomic E-state index is 10.7. The van der Waals surface area contributed by atoms with E-state index in [1.54, 1.807) is 0 Å². The number of nitrogens with zero attached hydrogens (tertiary/aromatic N) is 3. The number of aromatic nitrogens is 1. The minimum absolute atomic E-state index is 0.116. The van der Waals surface area contributed by atoms with E-state index in [2.05, 4.69) is 36.7 Å². The van der Waals surface area contributed by atoms with E-state index in [1.165, 1.54) is 6.08 Å². The van der Waals surface area contributed by atoms with Crippen LogP contribution in [0.3, 0.4) is 0 Å². The Hall–Kier alpha value is -2.03. The smallest absolute Gasteiger partial charge is 0.256 e. The zero-order valence-electron chi connectivity index (χ0n) is 18.3. The van der Waals surface area contributed by atoms with E-state index in [9.17, 15) is 9.69 Å². The molecule has 162 valence electrons. The molecular formula is C23H32N3O3P. The Morgan fingerprint density at radius 1 is 1.37 bits per heavy atom. The van der Waals surface area contributed by atoms with Gasteiger partial charge in [0, 0.05) is 40.8 Å². The van der Waals surface area contributed by atoms with E-state index in [1.807, 2.05) is 42.8 Å². The van der Waals surface area contributed by atoms with E-state index < -0.39 is 8.53 Å². The van der Waals surface area contributed by atoms with Gasteiger partial charge in [0.2, 0.25) is 0 Å². The molecule has 0 saturated heterocycles. The van der Waals surface area contributed by atoms with Crippen LogP contribution in [0.2, 0.25) is 0 Å². The highest BCUT2D eigenvalue weighted by Crippen LogP contribution is 2.45. The van der Waals surface area contributed by atoms with E-state index in [-0.39, 0.29) is 24.6 Å². The predicted molar refractivity (Wildman–Crippen MR) is 123 cm³/mol. The summed E-state index contributed by atoms with van der Waals surface area (Å²) in [6.45, 7) is 9.42. The number of aldehydes is 1. The number of rotatable bonds is 12. The summed E-state index contributed by atoms with van der Waals surface area (Å²) in [5.41, 5.74) is 1.92. The number of carbonyl (C=O) groups excluding carboxylic acids is 1. The maximum Gasteiger partial charge on any atom is 0.256 e. The summed E-state index contributed by atoms with van der Waals surface area (Å²) in [6, 6.07) is 10.3. The number of benzene rings is 1. The molecule has 0 saturated carbocycles. The van der Waals surface area contributed by atoms with Gasteiger partial charge in [-0.1, -0.05) is 18.2 Å². The van der Waals surface area contributed by atoms with Crippen LogP contribution < -0.4 is 0 Å². The number of hydrogen-bond donors (Lipinski definition) is 1. The fraction of sp³-hybridized carbons (Fsp3) is 0.478. The van der Waals surface area contributed by atoms with Gasteiger partial charge in [0.1, 0.15) is 6.29 Å². The topological polar surface area (TPSA) is 78.5 Å². The average Bonchev–Trinajstić information content (AvgIpc) is 3.04. The van der Waals surface area contributed by atoms with Crippen molar-refractivity contribution in [3.05, 3.63) is 42.1 Å². The first-order valence-corrected chi connectivity index (χ1v) is 11.5. The van der Waals surface area contributed by atoms with Gasteiger partial charge in [0.25, 0.3) is 8.53 Å². The second kappa shape index (κ2) is 11.4. The Morgan fingerprint density at radius 2 is 2.10 bits per heavy atom. The SMILES string of the molecule is CC(C)N(P(O)OCCC#N)C(C)(C)CCCn1cc(C=CC=O)c2ccccc21. The van der Waals surface area contributed by atoms with Crippen molar-refractivity contribution >= 4 is 31.8 Å². The fourth-order valence-corrected chi connectivity index (χ4v) is 5.23. The molecular weight excluding hydrogens is 397 g/mol. The monoisotopic (exact) mass is 429 g/mol. The highest BCUT2D eigenvalue weighted by Gasteiger charge is 2.35. The van der Waals surface area contributed by atoms with Crippen molar-refractivity contribution in [1.82, 2.24) is 9.24 Å². The summed E-state index contributed by atoms with van der Waals surface area (Å²) in [5, 5.41) is 9.82. The minimum Gasteiger partial charge on any atom is -0.347 e. The fourth-order valence-electron chi connectivity index (χ4n) is 3.90. The zero-order valence-corrected chi connectivity index (χ0v) is 19.2. The first-order chi connectivity index (χ1) is 14.3.